The van der Waals surface area contributed by atoms with Crippen LogP contribution in [0.1, 0.15) is 47.1 Å². The highest BCUT2D eigenvalue weighted by molar-refractivity contribution is 5.74. The first-order chi connectivity index (χ1) is 12.4. The highest BCUT2D eigenvalue weighted by Gasteiger charge is 2.34. The van der Waals surface area contributed by atoms with Crippen LogP contribution in [0.15, 0.2) is 18.2 Å². The Balaban J connectivity index is 2.18. The van der Waals surface area contributed by atoms with Crippen LogP contribution in [0.5, 0.6) is 11.5 Å². The maximum absolute atomic E-state index is 12.6. The molecule has 150 valence electrons. The molecule has 1 heterocycles. The number of carbonyl (C=O) groups excluding carboxylic acids is 2. The summed E-state index contributed by atoms with van der Waals surface area (Å²) in [5.41, 5.74) is 0.0721. The molecule has 0 bridgehead atoms. The molecule has 1 aromatic carbocycles. The quantitative estimate of drug-likeness (QED) is 0.759. The van der Waals surface area contributed by atoms with Gasteiger partial charge in [0.15, 0.2) is 11.5 Å². The van der Waals surface area contributed by atoms with Crippen LogP contribution in [0.3, 0.4) is 0 Å². The maximum Gasteiger partial charge on any atom is 0.312 e. The Hall–Kier alpha value is -2.28. The third-order valence-corrected chi connectivity index (χ3v) is 3.81. The van der Waals surface area contributed by atoms with Gasteiger partial charge in [-0.2, -0.15) is 0 Å². The van der Waals surface area contributed by atoms with Gasteiger partial charge in [-0.05, 0) is 44.9 Å². The second-order valence-corrected chi connectivity index (χ2v) is 8.10. The number of aliphatic hydroxyl groups excluding tert-OH is 1. The van der Waals surface area contributed by atoms with Gasteiger partial charge in [0.25, 0.3) is 0 Å². The maximum atomic E-state index is 12.6. The van der Waals surface area contributed by atoms with Crippen molar-refractivity contribution in [1.29, 1.82) is 0 Å². The second kappa shape index (κ2) is 7.76. The molecule has 0 fully saturated rings. The van der Waals surface area contributed by atoms with Crippen molar-refractivity contribution in [3.05, 3.63) is 23.8 Å². The van der Waals surface area contributed by atoms with Crippen molar-refractivity contribution in [3.63, 3.8) is 0 Å². The molecule has 0 aromatic heterocycles. The summed E-state index contributed by atoms with van der Waals surface area (Å²) >= 11 is 0. The summed E-state index contributed by atoms with van der Waals surface area (Å²) in [5.74, 6) is -1.52. The molecule has 0 radical (unpaired) electrons. The number of rotatable bonds is 6. The van der Waals surface area contributed by atoms with Gasteiger partial charge < -0.3 is 24.1 Å². The fourth-order valence-corrected chi connectivity index (χ4v) is 2.72. The van der Waals surface area contributed by atoms with Crippen molar-refractivity contribution >= 4 is 11.9 Å². The van der Waals surface area contributed by atoms with Crippen molar-refractivity contribution < 1.29 is 33.6 Å². The number of hydrogen-bond donors (Lipinski definition) is 1. The summed E-state index contributed by atoms with van der Waals surface area (Å²) in [4.78, 5) is 23.6. The number of carbonyl (C=O) groups is 2. The molecule has 7 nitrogen and oxygen atoms in total. The Morgan fingerprint density at radius 2 is 1.81 bits per heavy atom. The lowest BCUT2D eigenvalue weighted by atomic mass is 9.93. The third-order valence-electron chi connectivity index (χ3n) is 3.81. The first kappa shape index (κ1) is 21.0. The van der Waals surface area contributed by atoms with E-state index in [0.29, 0.717) is 11.5 Å². The van der Waals surface area contributed by atoms with Crippen LogP contribution in [0.2, 0.25) is 0 Å². The van der Waals surface area contributed by atoms with Gasteiger partial charge in [-0.3, -0.25) is 9.59 Å². The minimum absolute atomic E-state index is 0.203. The molecule has 7 heteroatoms. The molecule has 27 heavy (non-hydrogen) atoms. The minimum atomic E-state index is -1.19. The smallest absolute Gasteiger partial charge is 0.312 e. The van der Waals surface area contributed by atoms with Gasteiger partial charge in [-0.15, -0.1) is 0 Å². The van der Waals surface area contributed by atoms with Gasteiger partial charge in [-0.1, -0.05) is 6.07 Å². The average Bonchev–Trinajstić information content (AvgIpc) is 2.81. The predicted octanol–water partition coefficient (Wildman–Crippen LogP) is 2.62. The Morgan fingerprint density at radius 1 is 1.19 bits per heavy atom. The molecule has 0 amide bonds. The van der Waals surface area contributed by atoms with Gasteiger partial charge in [0.2, 0.25) is 5.79 Å². The van der Waals surface area contributed by atoms with Gasteiger partial charge in [0, 0.05) is 20.8 Å². The number of hydrogen-bond acceptors (Lipinski definition) is 7. The lowest BCUT2D eigenvalue weighted by molar-refractivity contribution is -0.167. The van der Waals surface area contributed by atoms with Crippen LogP contribution in [0.4, 0.5) is 0 Å². The summed E-state index contributed by atoms with van der Waals surface area (Å²) in [5, 5.41) is 10.4. The van der Waals surface area contributed by atoms with E-state index in [1.165, 1.54) is 6.92 Å². The van der Waals surface area contributed by atoms with E-state index in [0.717, 1.165) is 5.56 Å². The molecule has 0 unspecified atom stereocenters. The molecule has 2 rings (SSSR count). The monoisotopic (exact) mass is 380 g/mol. The molecule has 2 atom stereocenters. The van der Waals surface area contributed by atoms with E-state index in [9.17, 15) is 14.7 Å². The van der Waals surface area contributed by atoms with Gasteiger partial charge in [0.1, 0.15) is 18.3 Å². The van der Waals surface area contributed by atoms with Crippen LogP contribution in [0, 0.1) is 5.92 Å². The van der Waals surface area contributed by atoms with Crippen LogP contribution in [-0.2, 0) is 25.5 Å². The highest BCUT2D eigenvalue weighted by atomic mass is 16.7. The normalized spacial score (nSPS) is 17.1. The SMILES string of the molecule is CC(=O)OC[C@@H](O)[C@H](Cc1ccc2c(c1)OC(C)(C)O2)C(=O)OC(C)(C)C. The lowest BCUT2D eigenvalue weighted by Crippen LogP contribution is -2.38. The third kappa shape index (κ3) is 6.13. The Morgan fingerprint density at radius 3 is 2.41 bits per heavy atom. The Labute approximate surface area is 159 Å². The number of ether oxygens (including phenoxy) is 4. The summed E-state index contributed by atoms with van der Waals surface area (Å²) in [6.45, 7) is 9.83. The van der Waals surface area contributed by atoms with E-state index in [-0.39, 0.29) is 13.0 Å². The van der Waals surface area contributed by atoms with Crippen LogP contribution >= 0.6 is 0 Å². The molecular weight excluding hydrogens is 352 g/mol. The largest absolute Gasteiger partial charge is 0.463 e. The zero-order valence-electron chi connectivity index (χ0n) is 16.7. The minimum Gasteiger partial charge on any atom is -0.463 e. The van der Waals surface area contributed by atoms with Crippen molar-refractivity contribution in [2.75, 3.05) is 6.61 Å². The zero-order valence-corrected chi connectivity index (χ0v) is 16.7. The lowest BCUT2D eigenvalue weighted by Gasteiger charge is -2.26. The van der Waals surface area contributed by atoms with Gasteiger partial charge in [-0.25, -0.2) is 0 Å². The predicted molar refractivity (Wildman–Crippen MR) is 97.5 cm³/mol. The number of fused-ring (bicyclic) bond motifs is 1. The molecular formula is C20H28O7. The van der Waals surface area contributed by atoms with E-state index in [4.69, 9.17) is 18.9 Å². The van der Waals surface area contributed by atoms with Crippen LogP contribution < -0.4 is 9.47 Å². The molecule has 0 saturated carbocycles. The number of esters is 2. The molecule has 0 aliphatic carbocycles. The first-order valence-corrected chi connectivity index (χ1v) is 8.91. The zero-order chi connectivity index (χ0) is 20.4. The first-order valence-electron chi connectivity index (χ1n) is 8.91. The summed E-state index contributed by atoms with van der Waals surface area (Å²) in [6.07, 6.45) is -0.986. The molecule has 0 spiro atoms. The summed E-state index contributed by atoms with van der Waals surface area (Å²) < 4.78 is 21.7. The molecule has 1 N–H and O–H groups in total. The van der Waals surface area contributed by atoms with Crippen molar-refractivity contribution in [1.82, 2.24) is 0 Å². The van der Waals surface area contributed by atoms with E-state index in [1.807, 2.05) is 0 Å². The van der Waals surface area contributed by atoms with Crippen LogP contribution in [0.25, 0.3) is 0 Å². The van der Waals surface area contributed by atoms with Crippen LogP contribution in [-0.4, -0.2) is 41.1 Å². The number of benzene rings is 1. The van der Waals surface area contributed by atoms with Crippen molar-refractivity contribution in [3.8, 4) is 11.5 Å². The average molecular weight is 380 g/mol. The van der Waals surface area contributed by atoms with E-state index >= 15 is 0 Å². The molecule has 1 aliphatic heterocycles. The second-order valence-electron chi connectivity index (χ2n) is 8.10. The van der Waals surface area contributed by atoms with Gasteiger partial charge in [0.05, 0.1) is 5.92 Å². The molecule has 0 saturated heterocycles. The van der Waals surface area contributed by atoms with E-state index in [1.54, 1.807) is 52.8 Å². The van der Waals surface area contributed by atoms with E-state index < -0.39 is 35.3 Å². The summed E-state index contributed by atoms with van der Waals surface area (Å²) in [6, 6.07) is 5.35. The van der Waals surface area contributed by atoms with Gasteiger partial charge >= 0.3 is 11.9 Å². The highest BCUT2D eigenvalue weighted by Crippen LogP contribution is 2.40. The molecule has 1 aromatic rings. The summed E-state index contributed by atoms with van der Waals surface area (Å²) in [7, 11) is 0. The van der Waals surface area contributed by atoms with Crippen molar-refractivity contribution in [2.45, 2.75) is 65.5 Å². The fourth-order valence-electron chi connectivity index (χ4n) is 2.72. The van der Waals surface area contributed by atoms with E-state index in [2.05, 4.69) is 0 Å². The fraction of sp³-hybridized carbons (Fsp3) is 0.600. The Kier molecular flexibility index (Phi) is 6.04. The topological polar surface area (TPSA) is 91.3 Å². The van der Waals surface area contributed by atoms with Crippen molar-refractivity contribution in [2.24, 2.45) is 5.92 Å². The molecule has 1 aliphatic rings. The Bertz CT molecular complexity index is 703. The number of aliphatic hydroxyl groups is 1. The standard InChI is InChI=1S/C20H28O7/c1-12(21)24-11-15(22)14(18(23)27-19(2,3)4)9-13-7-8-16-17(10-13)26-20(5,6)25-16/h7-8,10,14-15,22H,9,11H2,1-6H3/t14-,15+/m0/s1.